The molecule has 0 saturated carbocycles. The van der Waals surface area contributed by atoms with Crippen LogP contribution in [0, 0.1) is 0 Å². The van der Waals surface area contributed by atoms with Crippen molar-refractivity contribution in [3.63, 3.8) is 0 Å². The zero-order valence-corrected chi connectivity index (χ0v) is 9.14. The second kappa shape index (κ2) is 3.98. The number of hydrogen-bond acceptors (Lipinski definition) is 3. The van der Waals surface area contributed by atoms with E-state index >= 15 is 0 Å². The number of pyridine rings is 1. The van der Waals surface area contributed by atoms with Crippen LogP contribution in [0.15, 0.2) is 18.3 Å². The van der Waals surface area contributed by atoms with Gasteiger partial charge in [0.05, 0.1) is 0 Å². The summed E-state index contributed by atoms with van der Waals surface area (Å²) in [7, 11) is 0. The highest BCUT2D eigenvalue weighted by Gasteiger charge is 2.09. The van der Waals surface area contributed by atoms with Crippen molar-refractivity contribution in [3.8, 4) is 0 Å². The quantitative estimate of drug-likeness (QED) is 0.821. The predicted octanol–water partition coefficient (Wildman–Crippen LogP) is 1.35. The third kappa shape index (κ3) is 1.85. The van der Waals surface area contributed by atoms with Gasteiger partial charge in [0.2, 0.25) is 0 Å². The fourth-order valence-electron chi connectivity index (χ4n) is 1.57. The summed E-state index contributed by atoms with van der Waals surface area (Å²) < 4.78 is 1.83. The molecule has 2 rings (SSSR count). The number of nitrogens with two attached hydrogens (primary N) is 1. The zero-order chi connectivity index (χ0) is 10.8. The monoisotopic (exact) mass is 204 g/mol. The minimum atomic E-state index is 0.357. The van der Waals surface area contributed by atoms with Gasteiger partial charge in [-0.15, -0.1) is 0 Å². The standard InChI is InChI=1S/C11H16N4/c1-8(2)10-13-11-9(5-6-12)4-3-7-15(11)14-10/h3-4,7-8H,5-6,12H2,1-2H3. The van der Waals surface area contributed by atoms with E-state index < -0.39 is 0 Å². The Kier molecular flexibility index (Phi) is 2.68. The van der Waals surface area contributed by atoms with E-state index in [1.54, 1.807) is 0 Å². The van der Waals surface area contributed by atoms with Crippen molar-refractivity contribution in [2.24, 2.45) is 5.73 Å². The average molecular weight is 204 g/mol. The Balaban J connectivity index is 2.54. The van der Waals surface area contributed by atoms with Crippen molar-refractivity contribution in [3.05, 3.63) is 29.7 Å². The molecule has 0 atom stereocenters. The maximum atomic E-state index is 5.56. The molecule has 0 aromatic carbocycles. The molecule has 0 fully saturated rings. The van der Waals surface area contributed by atoms with Gasteiger partial charge in [-0.3, -0.25) is 0 Å². The second-order valence-corrected chi connectivity index (χ2v) is 3.96. The lowest BCUT2D eigenvalue weighted by molar-refractivity contribution is 0.765. The largest absolute Gasteiger partial charge is 0.330 e. The van der Waals surface area contributed by atoms with Crippen molar-refractivity contribution in [2.75, 3.05) is 6.54 Å². The molecule has 2 N–H and O–H groups in total. The Labute approximate surface area is 89.1 Å². The average Bonchev–Trinajstić information content (AvgIpc) is 2.63. The van der Waals surface area contributed by atoms with Crippen LogP contribution in [-0.4, -0.2) is 21.1 Å². The van der Waals surface area contributed by atoms with Gasteiger partial charge in [-0.25, -0.2) is 9.50 Å². The molecule has 0 aliphatic carbocycles. The summed E-state index contributed by atoms with van der Waals surface area (Å²) in [4.78, 5) is 4.53. The van der Waals surface area contributed by atoms with Crippen LogP contribution in [0.2, 0.25) is 0 Å². The fourth-order valence-corrected chi connectivity index (χ4v) is 1.57. The minimum Gasteiger partial charge on any atom is -0.330 e. The first-order valence-electron chi connectivity index (χ1n) is 5.26. The topological polar surface area (TPSA) is 56.2 Å². The zero-order valence-electron chi connectivity index (χ0n) is 9.14. The normalized spacial score (nSPS) is 11.5. The molecule has 0 aliphatic heterocycles. The highest BCUT2D eigenvalue weighted by atomic mass is 15.3. The third-order valence-corrected chi connectivity index (χ3v) is 2.39. The van der Waals surface area contributed by atoms with Crippen LogP contribution in [0.25, 0.3) is 5.65 Å². The Morgan fingerprint density at radius 1 is 1.47 bits per heavy atom. The molecular formula is C11H16N4. The first kappa shape index (κ1) is 10.1. The highest BCUT2D eigenvalue weighted by molar-refractivity contribution is 5.47. The Bertz CT molecular complexity index is 459. The maximum absolute atomic E-state index is 5.56. The summed E-state index contributed by atoms with van der Waals surface area (Å²) in [5.74, 6) is 1.25. The fraction of sp³-hybridized carbons (Fsp3) is 0.455. The molecule has 15 heavy (non-hydrogen) atoms. The van der Waals surface area contributed by atoms with E-state index in [1.165, 1.54) is 5.56 Å². The number of nitrogens with zero attached hydrogens (tertiary/aromatic N) is 3. The molecule has 4 heteroatoms. The smallest absolute Gasteiger partial charge is 0.158 e. The predicted molar refractivity (Wildman–Crippen MR) is 59.8 cm³/mol. The molecule has 0 spiro atoms. The lowest BCUT2D eigenvalue weighted by Crippen LogP contribution is -2.04. The van der Waals surface area contributed by atoms with Crippen LogP contribution < -0.4 is 5.73 Å². The molecule has 0 bridgehead atoms. The van der Waals surface area contributed by atoms with Gasteiger partial charge >= 0.3 is 0 Å². The Hall–Kier alpha value is -1.42. The highest BCUT2D eigenvalue weighted by Crippen LogP contribution is 2.14. The van der Waals surface area contributed by atoms with Crippen LogP contribution in [0.4, 0.5) is 0 Å². The lowest BCUT2D eigenvalue weighted by Gasteiger charge is -1.98. The SMILES string of the molecule is CC(C)c1nc2c(CCN)cccn2n1. The van der Waals surface area contributed by atoms with E-state index in [4.69, 9.17) is 5.73 Å². The van der Waals surface area contributed by atoms with E-state index in [0.29, 0.717) is 12.5 Å². The molecule has 2 aromatic rings. The van der Waals surface area contributed by atoms with Crippen molar-refractivity contribution in [1.29, 1.82) is 0 Å². The summed E-state index contributed by atoms with van der Waals surface area (Å²) in [6, 6.07) is 4.04. The summed E-state index contributed by atoms with van der Waals surface area (Å²) in [5, 5.41) is 4.42. The van der Waals surface area contributed by atoms with Gasteiger partial charge in [-0.2, -0.15) is 5.10 Å². The third-order valence-electron chi connectivity index (χ3n) is 2.39. The van der Waals surface area contributed by atoms with Crippen molar-refractivity contribution in [2.45, 2.75) is 26.2 Å². The van der Waals surface area contributed by atoms with Gasteiger partial charge in [0.15, 0.2) is 11.5 Å². The second-order valence-electron chi connectivity index (χ2n) is 3.96. The summed E-state index contributed by atoms with van der Waals surface area (Å²) >= 11 is 0. The molecule has 0 saturated heterocycles. The molecular weight excluding hydrogens is 188 g/mol. The van der Waals surface area contributed by atoms with Gasteiger partial charge in [0, 0.05) is 12.1 Å². The van der Waals surface area contributed by atoms with Crippen molar-refractivity contribution < 1.29 is 0 Å². The van der Waals surface area contributed by atoms with E-state index in [-0.39, 0.29) is 0 Å². The number of rotatable bonds is 3. The van der Waals surface area contributed by atoms with Crippen LogP contribution in [-0.2, 0) is 6.42 Å². The first-order chi connectivity index (χ1) is 7.22. The summed E-state index contributed by atoms with van der Waals surface area (Å²) in [5.41, 5.74) is 7.66. The van der Waals surface area contributed by atoms with Crippen molar-refractivity contribution in [1.82, 2.24) is 14.6 Å². The van der Waals surface area contributed by atoms with Crippen LogP contribution >= 0.6 is 0 Å². The molecule has 0 aliphatic rings. The Morgan fingerprint density at radius 3 is 2.93 bits per heavy atom. The van der Waals surface area contributed by atoms with Gasteiger partial charge in [-0.1, -0.05) is 19.9 Å². The number of aromatic nitrogens is 3. The van der Waals surface area contributed by atoms with Crippen LogP contribution in [0.3, 0.4) is 0 Å². The minimum absolute atomic E-state index is 0.357. The Morgan fingerprint density at radius 2 is 2.27 bits per heavy atom. The van der Waals surface area contributed by atoms with Gasteiger partial charge in [0.1, 0.15) is 0 Å². The van der Waals surface area contributed by atoms with Gasteiger partial charge in [-0.05, 0) is 24.6 Å². The summed E-state index contributed by atoms with van der Waals surface area (Å²) in [6.45, 7) is 4.83. The van der Waals surface area contributed by atoms with E-state index in [9.17, 15) is 0 Å². The molecule has 80 valence electrons. The summed E-state index contributed by atoms with van der Waals surface area (Å²) in [6.07, 6.45) is 2.77. The van der Waals surface area contributed by atoms with Crippen molar-refractivity contribution >= 4 is 5.65 Å². The molecule has 0 amide bonds. The molecule has 2 heterocycles. The molecule has 2 aromatic heterocycles. The van der Waals surface area contributed by atoms with E-state index in [1.807, 2.05) is 16.8 Å². The molecule has 4 nitrogen and oxygen atoms in total. The lowest BCUT2D eigenvalue weighted by atomic mass is 10.2. The van der Waals surface area contributed by atoms with Gasteiger partial charge < -0.3 is 5.73 Å². The number of fused-ring (bicyclic) bond motifs is 1. The molecule has 0 radical (unpaired) electrons. The number of hydrogen-bond donors (Lipinski definition) is 1. The van der Waals surface area contributed by atoms with E-state index in [0.717, 1.165) is 17.9 Å². The molecule has 0 unspecified atom stereocenters. The maximum Gasteiger partial charge on any atom is 0.158 e. The van der Waals surface area contributed by atoms with Crippen LogP contribution in [0.5, 0.6) is 0 Å². The van der Waals surface area contributed by atoms with E-state index in [2.05, 4.69) is 30.0 Å². The van der Waals surface area contributed by atoms with Gasteiger partial charge in [0.25, 0.3) is 0 Å². The first-order valence-corrected chi connectivity index (χ1v) is 5.26. The van der Waals surface area contributed by atoms with Crippen LogP contribution in [0.1, 0.15) is 31.2 Å².